The van der Waals surface area contributed by atoms with Crippen molar-refractivity contribution in [1.29, 1.82) is 0 Å². The van der Waals surface area contributed by atoms with Crippen LogP contribution in [0.2, 0.25) is 0 Å². The maximum atomic E-state index is 8.63. The van der Waals surface area contributed by atoms with Crippen molar-refractivity contribution in [3.8, 4) is 0 Å². The number of hydrogen-bond donors (Lipinski definition) is 1. The number of nitrogens with zero attached hydrogens (tertiary/aromatic N) is 1. The molecule has 0 rings (SSSR count). The van der Waals surface area contributed by atoms with Crippen LogP contribution in [0, 0.1) is 0 Å². The normalized spacial score (nSPS) is 11.6. The third-order valence-corrected chi connectivity index (χ3v) is 1.42. The molecule has 60 valence electrons. The summed E-state index contributed by atoms with van der Waals surface area (Å²) in [5.41, 5.74) is 0. The van der Waals surface area contributed by atoms with E-state index >= 15 is 0 Å². The minimum atomic E-state index is 0.192. The molecule has 0 aromatic rings. The van der Waals surface area contributed by atoms with Gasteiger partial charge in [-0.1, -0.05) is 18.2 Å². The predicted molar refractivity (Wildman–Crippen MR) is 43.9 cm³/mol. The fraction of sp³-hybridized carbons (Fsp3) is 0.714. The SMILES string of the molecule is C=C(Cl)C[N+](C)(C)CCO. The Balaban J connectivity index is 3.74. The van der Waals surface area contributed by atoms with Crippen molar-refractivity contribution in [2.24, 2.45) is 0 Å². The topological polar surface area (TPSA) is 20.2 Å². The quantitative estimate of drug-likeness (QED) is 0.610. The van der Waals surface area contributed by atoms with E-state index in [9.17, 15) is 0 Å². The van der Waals surface area contributed by atoms with Gasteiger partial charge in [-0.05, 0) is 0 Å². The smallest absolute Gasteiger partial charge is 0.114 e. The van der Waals surface area contributed by atoms with E-state index in [2.05, 4.69) is 6.58 Å². The Morgan fingerprint density at radius 2 is 2.10 bits per heavy atom. The van der Waals surface area contributed by atoms with Crippen LogP contribution in [0.25, 0.3) is 0 Å². The number of hydrogen-bond acceptors (Lipinski definition) is 1. The van der Waals surface area contributed by atoms with Crippen LogP contribution in [0.4, 0.5) is 0 Å². The maximum Gasteiger partial charge on any atom is 0.114 e. The number of likely N-dealkylation sites (N-methyl/N-ethyl adjacent to an activating group) is 1. The van der Waals surface area contributed by atoms with Crippen LogP contribution in [0.3, 0.4) is 0 Å². The molecule has 1 N–H and O–H groups in total. The van der Waals surface area contributed by atoms with E-state index in [-0.39, 0.29) is 6.61 Å². The molecule has 0 fully saturated rings. The lowest BCUT2D eigenvalue weighted by molar-refractivity contribution is -0.885. The molecular weight excluding hydrogens is 150 g/mol. The summed E-state index contributed by atoms with van der Waals surface area (Å²) < 4.78 is 0.693. The van der Waals surface area contributed by atoms with Gasteiger partial charge in [-0.25, -0.2) is 0 Å². The lowest BCUT2D eigenvalue weighted by Gasteiger charge is -2.28. The molecule has 0 amide bonds. The van der Waals surface area contributed by atoms with Gasteiger partial charge in [0.05, 0.1) is 25.7 Å². The number of rotatable bonds is 4. The summed E-state index contributed by atoms with van der Waals surface area (Å²) in [4.78, 5) is 0. The zero-order chi connectivity index (χ0) is 8.20. The van der Waals surface area contributed by atoms with E-state index in [1.807, 2.05) is 14.1 Å². The number of aliphatic hydroxyl groups excluding tert-OH is 1. The Bertz CT molecular complexity index is 123. The van der Waals surface area contributed by atoms with Gasteiger partial charge in [0.15, 0.2) is 0 Å². The van der Waals surface area contributed by atoms with Gasteiger partial charge >= 0.3 is 0 Å². The molecule has 3 heteroatoms. The average molecular weight is 165 g/mol. The molecule has 0 atom stereocenters. The van der Waals surface area contributed by atoms with Gasteiger partial charge in [-0.3, -0.25) is 0 Å². The molecule has 0 saturated carbocycles. The Hall–Kier alpha value is -0.0500. The van der Waals surface area contributed by atoms with Gasteiger partial charge in [0.2, 0.25) is 0 Å². The second kappa shape index (κ2) is 3.96. The van der Waals surface area contributed by atoms with Gasteiger partial charge in [-0.2, -0.15) is 0 Å². The lowest BCUT2D eigenvalue weighted by atomic mass is 10.4. The van der Waals surface area contributed by atoms with Crippen molar-refractivity contribution in [3.05, 3.63) is 11.6 Å². The minimum Gasteiger partial charge on any atom is -0.391 e. The van der Waals surface area contributed by atoms with Crippen LogP contribution < -0.4 is 0 Å². The second-order valence-electron chi connectivity index (χ2n) is 3.06. The van der Waals surface area contributed by atoms with Crippen LogP contribution in [0.15, 0.2) is 11.6 Å². The molecule has 0 aliphatic carbocycles. The van der Waals surface area contributed by atoms with Crippen LogP contribution in [-0.2, 0) is 0 Å². The van der Waals surface area contributed by atoms with E-state index in [0.717, 1.165) is 0 Å². The molecule has 0 heterocycles. The van der Waals surface area contributed by atoms with Crippen molar-refractivity contribution >= 4 is 11.6 Å². The molecule has 0 aromatic heterocycles. The summed E-state index contributed by atoms with van der Waals surface area (Å²) in [5.74, 6) is 0. The predicted octanol–water partition coefficient (Wildman–Crippen LogP) is 0.808. The Kier molecular flexibility index (Phi) is 3.94. The van der Waals surface area contributed by atoms with Crippen LogP contribution >= 0.6 is 11.6 Å². The molecular formula is C7H15ClNO+. The first kappa shape index (κ1) is 9.95. The second-order valence-corrected chi connectivity index (χ2v) is 3.59. The van der Waals surface area contributed by atoms with Crippen molar-refractivity contribution in [1.82, 2.24) is 0 Å². The monoisotopic (exact) mass is 164 g/mol. The highest BCUT2D eigenvalue weighted by molar-refractivity contribution is 6.29. The van der Waals surface area contributed by atoms with Gasteiger partial charge in [0.25, 0.3) is 0 Å². The molecule has 0 radical (unpaired) electrons. The van der Waals surface area contributed by atoms with Crippen LogP contribution in [0.5, 0.6) is 0 Å². The summed E-state index contributed by atoms with van der Waals surface area (Å²) in [5, 5.41) is 9.26. The molecule has 0 saturated heterocycles. The maximum absolute atomic E-state index is 8.63. The van der Waals surface area contributed by atoms with E-state index in [1.165, 1.54) is 0 Å². The fourth-order valence-electron chi connectivity index (χ4n) is 0.814. The summed E-state index contributed by atoms with van der Waals surface area (Å²) in [7, 11) is 4.01. The molecule has 2 nitrogen and oxygen atoms in total. The van der Waals surface area contributed by atoms with Crippen molar-refractivity contribution in [2.45, 2.75) is 0 Å². The standard InChI is InChI=1S/C7H15ClNO/c1-7(8)6-9(2,3)4-5-10/h10H,1,4-6H2,2-3H3/q+1. The first-order chi connectivity index (χ1) is 4.48. The van der Waals surface area contributed by atoms with Crippen LogP contribution in [-0.4, -0.2) is 43.4 Å². The van der Waals surface area contributed by atoms with E-state index < -0.39 is 0 Å². The first-order valence-electron chi connectivity index (χ1n) is 3.24. The van der Waals surface area contributed by atoms with E-state index in [1.54, 1.807) is 0 Å². The van der Waals surface area contributed by atoms with E-state index in [4.69, 9.17) is 16.7 Å². The Morgan fingerprint density at radius 1 is 1.60 bits per heavy atom. The zero-order valence-corrected chi connectivity index (χ0v) is 7.36. The fourth-order valence-corrected chi connectivity index (χ4v) is 1.14. The number of aliphatic hydroxyl groups is 1. The van der Waals surface area contributed by atoms with Gasteiger partial charge < -0.3 is 9.59 Å². The van der Waals surface area contributed by atoms with Crippen molar-refractivity contribution in [2.75, 3.05) is 33.8 Å². The van der Waals surface area contributed by atoms with Gasteiger partial charge in [0, 0.05) is 0 Å². The highest BCUT2D eigenvalue weighted by Crippen LogP contribution is 2.05. The number of quaternary nitrogens is 1. The third kappa shape index (κ3) is 4.79. The molecule has 0 aliphatic rings. The Morgan fingerprint density at radius 3 is 2.40 bits per heavy atom. The molecule has 10 heavy (non-hydrogen) atoms. The summed E-state index contributed by atoms with van der Waals surface area (Å²) in [6, 6.07) is 0. The average Bonchev–Trinajstić information content (AvgIpc) is 1.59. The minimum absolute atomic E-state index is 0.192. The molecule has 0 bridgehead atoms. The molecule has 0 aromatic carbocycles. The number of halogens is 1. The molecule has 0 spiro atoms. The Labute approximate surface area is 67.3 Å². The van der Waals surface area contributed by atoms with Gasteiger partial charge in [-0.15, -0.1) is 0 Å². The van der Waals surface area contributed by atoms with Crippen LogP contribution in [0.1, 0.15) is 0 Å². The lowest BCUT2D eigenvalue weighted by Crippen LogP contribution is -2.42. The largest absolute Gasteiger partial charge is 0.391 e. The zero-order valence-electron chi connectivity index (χ0n) is 6.60. The summed E-state index contributed by atoms with van der Waals surface area (Å²) in [6.45, 7) is 5.21. The van der Waals surface area contributed by atoms with Crippen molar-refractivity contribution < 1.29 is 9.59 Å². The third-order valence-electron chi connectivity index (χ3n) is 1.30. The highest BCUT2D eigenvalue weighted by Gasteiger charge is 2.13. The van der Waals surface area contributed by atoms with E-state index in [0.29, 0.717) is 22.6 Å². The first-order valence-corrected chi connectivity index (χ1v) is 3.62. The van der Waals surface area contributed by atoms with Gasteiger partial charge in [0.1, 0.15) is 13.1 Å². The molecule has 0 unspecified atom stereocenters. The summed E-state index contributed by atoms with van der Waals surface area (Å²) >= 11 is 5.61. The highest BCUT2D eigenvalue weighted by atomic mass is 35.5. The van der Waals surface area contributed by atoms with Crippen molar-refractivity contribution in [3.63, 3.8) is 0 Å². The molecule has 0 aliphatic heterocycles. The summed E-state index contributed by atoms with van der Waals surface area (Å²) in [6.07, 6.45) is 0.